The Hall–Kier alpha value is -1.23. The summed E-state index contributed by atoms with van der Waals surface area (Å²) in [4.78, 5) is 0. The van der Waals surface area contributed by atoms with Crippen LogP contribution in [0.3, 0.4) is 0 Å². The number of hydrogen-bond acceptors (Lipinski definition) is 2. The number of rotatable bonds is 3. The normalized spacial score (nSPS) is 20.9. The van der Waals surface area contributed by atoms with Crippen LogP contribution in [0.1, 0.15) is 22.7 Å². The fraction of sp³-hybridized carbons (Fsp3) is 0.250. The van der Waals surface area contributed by atoms with E-state index in [2.05, 4.69) is 21.2 Å². The smallest absolute Gasteiger partial charge is 0.124 e. The van der Waals surface area contributed by atoms with Crippen LogP contribution in [0.5, 0.6) is 0 Å². The highest BCUT2D eigenvalue weighted by Crippen LogP contribution is 2.31. The molecule has 0 heterocycles. The van der Waals surface area contributed by atoms with Crippen LogP contribution in [-0.4, -0.2) is 11.2 Å². The van der Waals surface area contributed by atoms with Crippen molar-refractivity contribution in [2.75, 3.05) is 0 Å². The van der Waals surface area contributed by atoms with Crippen molar-refractivity contribution in [2.45, 2.75) is 25.1 Å². The highest BCUT2D eigenvalue weighted by molar-refractivity contribution is 9.10. The van der Waals surface area contributed by atoms with Gasteiger partial charge in [-0.15, -0.1) is 0 Å². The molecular formula is C16H15BrFNO. The van der Waals surface area contributed by atoms with E-state index in [1.165, 1.54) is 17.7 Å². The fourth-order valence-corrected chi connectivity index (χ4v) is 3.20. The topological polar surface area (TPSA) is 32.3 Å². The Morgan fingerprint density at radius 2 is 2.05 bits per heavy atom. The van der Waals surface area contributed by atoms with Crippen molar-refractivity contribution in [3.63, 3.8) is 0 Å². The average Bonchev–Trinajstić information content (AvgIpc) is 2.74. The lowest BCUT2D eigenvalue weighted by molar-refractivity contribution is 0.140. The fourth-order valence-electron chi connectivity index (χ4n) is 2.70. The van der Waals surface area contributed by atoms with Gasteiger partial charge in [-0.25, -0.2) is 4.39 Å². The number of benzene rings is 2. The Labute approximate surface area is 125 Å². The largest absolute Gasteiger partial charge is 0.391 e. The molecule has 2 nitrogen and oxygen atoms in total. The zero-order valence-corrected chi connectivity index (χ0v) is 12.4. The quantitative estimate of drug-likeness (QED) is 0.901. The molecule has 0 spiro atoms. The van der Waals surface area contributed by atoms with Gasteiger partial charge < -0.3 is 10.4 Å². The van der Waals surface area contributed by atoms with E-state index in [9.17, 15) is 9.50 Å². The summed E-state index contributed by atoms with van der Waals surface area (Å²) in [5, 5.41) is 13.5. The molecule has 0 saturated heterocycles. The minimum absolute atomic E-state index is 0.0665. The molecule has 2 aromatic carbocycles. The lowest BCUT2D eigenvalue weighted by atomic mass is 10.1. The van der Waals surface area contributed by atoms with Gasteiger partial charge in [0.05, 0.1) is 12.1 Å². The van der Waals surface area contributed by atoms with E-state index in [-0.39, 0.29) is 11.9 Å². The van der Waals surface area contributed by atoms with Gasteiger partial charge in [-0.2, -0.15) is 0 Å². The second-order valence-corrected chi connectivity index (χ2v) is 5.92. The molecule has 20 heavy (non-hydrogen) atoms. The maximum absolute atomic E-state index is 13.1. The van der Waals surface area contributed by atoms with Crippen molar-refractivity contribution in [1.29, 1.82) is 0 Å². The van der Waals surface area contributed by atoms with Gasteiger partial charge in [-0.05, 0) is 28.8 Å². The second-order valence-electron chi connectivity index (χ2n) is 5.06. The van der Waals surface area contributed by atoms with E-state index in [1.807, 2.05) is 24.3 Å². The molecule has 3 rings (SSSR count). The van der Waals surface area contributed by atoms with Crippen LogP contribution >= 0.6 is 15.9 Å². The molecule has 2 atom stereocenters. The SMILES string of the molecule is OC1Cc2ccccc2C1NCc1ccc(F)cc1Br. The molecule has 2 unspecified atom stereocenters. The molecule has 104 valence electrons. The zero-order chi connectivity index (χ0) is 14.1. The molecule has 0 fully saturated rings. The van der Waals surface area contributed by atoms with Crippen molar-refractivity contribution in [3.05, 3.63) is 69.4 Å². The number of fused-ring (bicyclic) bond motifs is 1. The van der Waals surface area contributed by atoms with Crippen LogP contribution < -0.4 is 5.32 Å². The van der Waals surface area contributed by atoms with Crippen LogP contribution in [-0.2, 0) is 13.0 Å². The standard InChI is InChI=1S/C16H15BrFNO/c17-14-8-12(18)6-5-11(14)9-19-16-13-4-2-1-3-10(13)7-15(16)20/h1-6,8,15-16,19-20H,7,9H2. The third-order valence-electron chi connectivity index (χ3n) is 3.73. The molecule has 0 bridgehead atoms. The summed E-state index contributed by atoms with van der Waals surface area (Å²) in [7, 11) is 0. The Morgan fingerprint density at radius 3 is 2.85 bits per heavy atom. The van der Waals surface area contributed by atoms with Gasteiger partial charge in [0.1, 0.15) is 5.82 Å². The van der Waals surface area contributed by atoms with Gasteiger partial charge in [0.25, 0.3) is 0 Å². The minimum Gasteiger partial charge on any atom is -0.391 e. The summed E-state index contributed by atoms with van der Waals surface area (Å²) in [6.07, 6.45) is 0.268. The third-order valence-corrected chi connectivity index (χ3v) is 4.47. The lowest BCUT2D eigenvalue weighted by Gasteiger charge is -2.18. The molecule has 2 N–H and O–H groups in total. The van der Waals surface area contributed by atoms with Gasteiger partial charge in [-0.3, -0.25) is 0 Å². The van der Waals surface area contributed by atoms with Crippen LogP contribution in [0, 0.1) is 5.82 Å². The lowest BCUT2D eigenvalue weighted by Crippen LogP contribution is -2.28. The zero-order valence-electron chi connectivity index (χ0n) is 10.8. The van der Waals surface area contributed by atoms with Crippen molar-refractivity contribution in [3.8, 4) is 0 Å². The van der Waals surface area contributed by atoms with Crippen molar-refractivity contribution >= 4 is 15.9 Å². The Bertz CT molecular complexity index is 632. The highest BCUT2D eigenvalue weighted by atomic mass is 79.9. The number of halogens is 2. The first kappa shape index (κ1) is 13.7. The van der Waals surface area contributed by atoms with E-state index in [4.69, 9.17) is 0 Å². The average molecular weight is 336 g/mol. The first-order valence-electron chi connectivity index (χ1n) is 6.58. The molecule has 0 saturated carbocycles. The Kier molecular flexibility index (Phi) is 3.87. The maximum Gasteiger partial charge on any atom is 0.124 e. The van der Waals surface area contributed by atoms with Crippen LogP contribution in [0.25, 0.3) is 0 Å². The summed E-state index contributed by atoms with van der Waals surface area (Å²) >= 11 is 3.36. The molecule has 0 aliphatic heterocycles. The molecule has 2 aromatic rings. The summed E-state index contributed by atoms with van der Waals surface area (Å²) in [6, 6.07) is 12.7. The highest BCUT2D eigenvalue weighted by Gasteiger charge is 2.30. The predicted molar refractivity (Wildman–Crippen MR) is 79.8 cm³/mol. The van der Waals surface area contributed by atoms with E-state index in [0.29, 0.717) is 13.0 Å². The van der Waals surface area contributed by atoms with Gasteiger partial charge in [-0.1, -0.05) is 46.3 Å². The predicted octanol–water partition coefficient (Wildman–Crippen LogP) is 3.34. The first-order valence-corrected chi connectivity index (χ1v) is 7.37. The maximum atomic E-state index is 13.1. The number of aliphatic hydroxyl groups is 1. The molecule has 1 aliphatic carbocycles. The number of hydrogen-bond donors (Lipinski definition) is 2. The van der Waals surface area contributed by atoms with E-state index in [1.54, 1.807) is 6.07 Å². The van der Waals surface area contributed by atoms with Crippen molar-refractivity contribution in [1.82, 2.24) is 5.32 Å². The van der Waals surface area contributed by atoms with Crippen LogP contribution in [0.4, 0.5) is 4.39 Å². The Balaban J connectivity index is 1.75. The monoisotopic (exact) mass is 335 g/mol. The molecule has 0 aromatic heterocycles. The third kappa shape index (κ3) is 2.64. The Morgan fingerprint density at radius 1 is 1.25 bits per heavy atom. The van der Waals surface area contributed by atoms with Crippen molar-refractivity contribution in [2.24, 2.45) is 0 Å². The summed E-state index contributed by atoms with van der Waals surface area (Å²) in [6.45, 7) is 0.580. The van der Waals surface area contributed by atoms with Crippen LogP contribution in [0.15, 0.2) is 46.9 Å². The molecule has 4 heteroatoms. The summed E-state index contributed by atoms with van der Waals surface area (Å²) in [5.74, 6) is -0.258. The van der Waals surface area contributed by atoms with Crippen LogP contribution in [0.2, 0.25) is 0 Å². The van der Waals surface area contributed by atoms with Gasteiger partial charge in [0.15, 0.2) is 0 Å². The van der Waals surface area contributed by atoms with E-state index < -0.39 is 6.10 Å². The number of nitrogens with one attached hydrogen (secondary N) is 1. The van der Waals surface area contributed by atoms with Gasteiger partial charge in [0, 0.05) is 17.4 Å². The molecule has 0 radical (unpaired) electrons. The minimum atomic E-state index is -0.411. The number of aliphatic hydroxyl groups excluding tert-OH is 1. The van der Waals surface area contributed by atoms with Gasteiger partial charge in [0.2, 0.25) is 0 Å². The van der Waals surface area contributed by atoms with Gasteiger partial charge >= 0.3 is 0 Å². The molecule has 1 aliphatic rings. The van der Waals surface area contributed by atoms with E-state index >= 15 is 0 Å². The first-order chi connectivity index (χ1) is 9.65. The van der Waals surface area contributed by atoms with E-state index in [0.717, 1.165) is 15.6 Å². The summed E-state index contributed by atoms with van der Waals surface area (Å²) in [5.41, 5.74) is 3.32. The van der Waals surface area contributed by atoms with Crippen molar-refractivity contribution < 1.29 is 9.50 Å². The molecular weight excluding hydrogens is 321 g/mol. The summed E-state index contributed by atoms with van der Waals surface area (Å²) < 4.78 is 13.8. The molecule has 0 amide bonds. The second kappa shape index (κ2) is 5.64.